The van der Waals surface area contributed by atoms with Crippen LogP contribution in [0.4, 0.5) is 0 Å². The number of amides is 2. The molecule has 6 nitrogen and oxygen atoms in total. The first-order valence-electron chi connectivity index (χ1n) is 9.66. The summed E-state index contributed by atoms with van der Waals surface area (Å²) in [4.78, 5) is 29.4. The van der Waals surface area contributed by atoms with E-state index in [0.717, 1.165) is 62.8 Å². The lowest BCUT2D eigenvalue weighted by Crippen LogP contribution is -2.40. The Morgan fingerprint density at radius 3 is 2.46 bits per heavy atom. The summed E-state index contributed by atoms with van der Waals surface area (Å²) in [7, 11) is 0. The number of fused-ring (bicyclic) bond motifs is 1. The third kappa shape index (κ3) is 3.20. The summed E-state index contributed by atoms with van der Waals surface area (Å²) in [6, 6.07) is 7.71. The Bertz CT molecular complexity index is 814. The van der Waals surface area contributed by atoms with Gasteiger partial charge in [0.1, 0.15) is 6.54 Å². The zero-order valence-electron chi connectivity index (χ0n) is 15.4. The molecule has 0 spiro atoms. The smallest absolute Gasteiger partial charge is 0.275 e. The van der Waals surface area contributed by atoms with E-state index in [9.17, 15) is 9.59 Å². The lowest BCUT2D eigenvalue weighted by Gasteiger charge is -2.30. The summed E-state index contributed by atoms with van der Waals surface area (Å²) < 4.78 is 1.71. The Kier molecular flexibility index (Phi) is 4.66. The molecule has 2 aliphatic rings. The number of para-hydroxylation sites is 1. The topological polar surface area (TPSA) is 58.4 Å². The number of piperidine rings is 1. The van der Waals surface area contributed by atoms with Gasteiger partial charge < -0.3 is 9.80 Å². The quantitative estimate of drug-likeness (QED) is 0.851. The van der Waals surface area contributed by atoms with E-state index in [-0.39, 0.29) is 18.4 Å². The maximum absolute atomic E-state index is 12.9. The molecule has 0 saturated carbocycles. The van der Waals surface area contributed by atoms with Gasteiger partial charge in [-0.3, -0.25) is 14.3 Å². The molecule has 0 radical (unpaired) electrons. The summed E-state index contributed by atoms with van der Waals surface area (Å²) in [5.41, 5.74) is 1.33. The number of hydrogen-bond acceptors (Lipinski definition) is 3. The van der Waals surface area contributed by atoms with E-state index in [1.165, 1.54) is 0 Å². The molecule has 1 aromatic carbocycles. The zero-order valence-corrected chi connectivity index (χ0v) is 15.4. The van der Waals surface area contributed by atoms with Crippen LogP contribution in [0.15, 0.2) is 24.3 Å². The van der Waals surface area contributed by atoms with Gasteiger partial charge in [0.25, 0.3) is 5.91 Å². The minimum absolute atomic E-state index is 0.0169. The van der Waals surface area contributed by atoms with E-state index in [0.29, 0.717) is 11.6 Å². The molecule has 1 aromatic heterocycles. The van der Waals surface area contributed by atoms with Gasteiger partial charge in [0.15, 0.2) is 5.69 Å². The molecule has 2 saturated heterocycles. The normalized spacial score (nSPS) is 18.7. The van der Waals surface area contributed by atoms with Crippen LogP contribution in [0.1, 0.15) is 43.1 Å². The summed E-state index contributed by atoms with van der Waals surface area (Å²) in [5, 5.41) is 5.40. The maximum atomic E-state index is 12.9. The van der Waals surface area contributed by atoms with Gasteiger partial charge in [0.2, 0.25) is 5.91 Å². The van der Waals surface area contributed by atoms with Crippen LogP contribution in [0.25, 0.3) is 10.9 Å². The number of carbonyl (C=O) groups excluding carboxylic acids is 2. The van der Waals surface area contributed by atoms with Crippen LogP contribution < -0.4 is 0 Å². The molecule has 2 amide bonds. The van der Waals surface area contributed by atoms with Crippen molar-refractivity contribution in [2.45, 2.75) is 39.2 Å². The molecule has 26 heavy (non-hydrogen) atoms. The largest absolute Gasteiger partial charge is 0.341 e. The summed E-state index contributed by atoms with van der Waals surface area (Å²) >= 11 is 0. The van der Waals surface area contributed by atoms with Crippen molar-refractivity contribution in [2.24, 2.45) is 5.92 Å². The molecule has 4 rings (SSSR count). The van der Waals surface area contributed by atoms with Crippen LogP contribution >= 0.6 is 0 Å². The van der Waals surface area contributed by atoms with Crippen LogP contribution in [-0.4, -0.2) is 57.6 Å². The van der Waals surface area contributed by atoms with Gasteiger partial charge in [-0.15, -0.1) is 0 Å². The molecule has 2 aliphatic heterocycles. The minimum atomic E-state index is -0.0169. The number of likely N-dealkylation sites (tertiary alicyclic amines) is 2. The third-order valence-electron chi connectivity index (χ3n) is 5.68. The first-order valence-corrected chi connectivity index (χ1v) is 9.66. The molecule has 0 unspecified atom stereocenters. The molecule has 3 heterocycles. The van der Waals surface area contributed by atoms with Crippen LogP contribution in [0.5, 0.6) is 0 Å². The van der Waals surface area contributed by atoms with E-state index in [1.807, 2.05) is 34.1 Å². The highest BCUT2D eigenvalue weighted by atomic mass is 16.2. The van der Waals surface area contributed by atoms with E-state index >= 15 is 0 Å². The van der Waals surface area contributed by atoms with Crippen molar-refractivity contribution in [1.82, 2.24) is 19.6 Å². The Morgan fingerprint density at radius 2 is 1.73 bits per heavy atom. The maximum Gasteiger partial charge on any atom is 0.275 e. The highest BCUT2D eigenvalue weighted by Crippen LogP contribution is 2.22. The number of carbonyl (C=O) groups is 2. The number of rotatable bonds is 3. The highest BCUT2D eigenvalue weighted by Gasteiger charge is 2.26. The molecule has 6 heteroatoms. The van der Waals surface area contributed by atoms with Crippen molar-refractivity contribution >= 4 is 22.7 Å². The Labute approximate surface area is 153 Å². The minimum Gasteiger partial charge on any atom is -0.341 e. The first kappa shape index (κ1) is 17.1. The second kappa shape index (κ2) is 7.09. The molecule has 0 bridgehead atoms. The molecule has 0 N–H and O–H groups in total. The van der Waals surface area contributed by atoms with Gasteiger partial charge in [-0.25, -0.2) is 0 Å². The highest BCUT2D eigenvalue weighted by molar-refractivity contribution is 6.05. The van der Waals surface area contributed by atoms with Gasteiger partial charge in [-0.2, -0.15) is 5.10 Å². The Morgan fingerprint density at radius 1 is 1.04 bits per heavy atom. The SMILES string of the molecule is CC1CCN(C(=O)Cn2nc(C(=O)N3CCCC3)c3ccccc32)CC1. The predicted molar refractivity (Wildman–Crippen MR) is 99.8 cm³/mol. The molecule has 138 valence electrons. The Balaban J connectivity index is 1.59. The standard InChI is InChI=1S/C20H26N4O2/c1-15-8-12-22(13-9-15)18(25)14-24-17-7-3-2-6-16(17)19(21-24)20(26)23-10-4-5-11-23/h2-3,6-7,15H,4-5,8-14H2,1H3. The van der Waals surface area contributed by atoms with Crippen molar-refractivity contribution in [1.29, 1.82) is 0 Å². The number of nitrogens with zero attached hydrogens (tertiary/aromatic N) is 4. The fourth-order valence-corrected chi connectivity index (χ4v) is 3.96. The molecular weight excluding hydrogens is 328 g/mol. The van der Waals surface area contributed by atoms with Gasteiger partial charge >= 0.3 is 0 Å². The van der Waals surface area contributed by atoms with Crippen molar-refractivity contribution in [3.8, 4) is 0 Å². The van der Waals surface area contributed by atoms with Gasteiger partial charge in [0.05, 0.1) is 5.52 Å². The van der Waals surface area contributed by atoms with Crippen LogP contribution in [-0.2, 0) is 11.3 Å². The van der Waals surface area contributed by atoms with Crippen molar-refractivity contribution in [2.75, 3.05) is 26.2 Å². The summed E-state index contributed by atoms with van der Waals surface area (Å²) in [6.07, 6.45) is 4.22. The lowest BCUT2D eigenvalue weighted by atomic mass is 9.99. The van der Waals surface area contributed by atoms with E-state index in [2.05, 4.69) is 12.0 Å². The Hall–Kier alpha value is -2.37. The number of benzene rings is 1. The second-order valence-corrected chi connectivity index (χ2v) is 7.59. The van der Waals surface area contributed by atoms with Crippen molar-refractivity contribution in [3.05, 3.63) is 30.0 Å². The monoisotopic (exact) mass is 354 g/mol. The lowest BCUT2D eigenvalue weighted by molar-refractivity contribution is -0.133. The van der Waals surface area contributed by atoms with Crippen molar-refractivity contribution < 1.29 is 9.59 Å². The number of aromatic nitrogens is 2. The average molecular weight is 354 g/mol. The molecular formula is C20H26N4O2. The molecule has 2 aromatic rings. The third-order valence-corrected chi connectivity index (χ3v) is 5.68. The first-order chi connectivity index (χ1) is 12.6. The fraction of sp³-hybridized carbons (Fsp3) is 0.550. The molecule has 0 atom stereocenters. The summed E-state index contributed by atoms with van der Waals surface area (Å²) in [5.74, 6) is 0.760. The van der Waals surface area contributed by atoms with Gasteiger partial charge in [-0.1, -0.05) is 25.1 Å². The fourth-order valence-electron chi connectivity index (χ4n) is 3.96. The molecule has 2 fully saturated rings. The van der Waals surface area contributed by atoms with Crippen LogP contribution in [0.3, 0.4) is 0 Å². The van der Waals surface area contributed by atoms with Crippen LogP contribution in [0, 0.1) is 5.92 Å². The number of hydrogen-bond donors (Lipinski definition) is 0. The van der Waals surface area contributed by atoms with Crippen LogP contribution in [0.2, 0.25) is 0 Å². The second-order valence-electron chi connectivity index (χ2n) is 7.59. The van der Waals surface area contributed by atoms with Crippen molar-refractivity contribution in [3.63, 3.8) is 0 Å². The van der Waals surface area contributed by atoms with E-state index < -0.39 is 0 Å². The average Bonchev–Trinajstić information content (AvgIpc) is 3.31. The summed E-state index contributed by atoms with van der Waals surface area (Å²) in [6.45, 7) is 5.66. The zero-order chi connectivity index (χ0) is 18.1. The van der Waals surface area contributed by atoms with Gasteiger partial charge in [-0.05, 0) is 37.7 Å². The van der Waals surface area contributed by atoms with E-state index in [4.69, 9.17) is 0 Å². The predicted octanol–water partition coefficient (Wildman–Crippen LogP) is 2.53. The van der Waals surface area contributed by atoms with Gasteiger partial charge in [0, 0.05) is 31.6 Å². The molecule has 0 aliphatic carbocycles. The van der Waals surface area contributed by atoms with E-state index in [1.54, 1.807) is 4.68 Å².